The Morgan fingerprint density at radius 3 is 2.67 bits per heavy atom. The van der Waals surface area contributed by atoms with E-state index in [9.17, 15) is 4.79 Å². The van der Waals surface area contributed by atoms with Crippen LogP contribution in [0.2, 0.25) is 5.02 Å². The highest BCUT2D eigenvalue weighted by molar-refractivity contribution is 6.31. The maximum absolute atomic E-state index is 12.7. The minimum atomic E-state index is -0.0222. The number of aromatic nitrogens is 2. The van der Waals surface area contributed by atoms with Gasteiger partial charge in [0.1, 0.15) is 5.69 Å². The summed E-state index contributed by atoms with van der Waals surface area (Å²) in [5.74, 6) is 0.395. The molecular formula is C18H21ClN4O. The molecule has 1 saturated heterocycles. The molecule has 24 heavy (non-hydrogen) atoms. The Morgan fingerprint density at radius 1 is 1.17 bits per heavy atom. The summed E-state index contributed by atoms with van der Waals surface area (Å²) in [6, 6.07) is 7.36. The quantitative estimate of drug-likeness (QED) is 0.910. The number of aryl methyl sites for hydroxylation is 1. The zero-order valence-corrected chi connectivity index (χ0v) is 14.7. The molecule has 0 bridgehead atoms. The highest BCUT2D eigenvalue weighted by Crippen LogP contribution is 2.25. The summed E-state index contributed by atoms with van der Waals surface area (Å²) < 4.78 is 0. The maximum Gasteiger partial charge on any atom is 0.272 e. The lowest BCUT2D eigenvalue weighted by molar-refractivity contribution is 0.0718. The van der Waals surface area contributed by atoms with Crippen LogP contribution >= 0.6 is 11.6 Å². The lowest BCUT2D eigenvalue weighted by atomic mass is 10.1. The normalized spacial score (nSPS) is 14.5. The first-order chi connectivity index (χ1) is 11.5. The highest BCUT2D eigenvalue weighted by Gasteiger charge is 2.20. The summed E-state index contributed by atoms with van der Waals surface area (Å²) in [5.41, 5.74) is 2.96. The van der Waals surface area contributed by atoms with Gasteiger partial charge < -0.3 is 10.2 Å². The molecule has 6 heteroatoms. The number of halogens is 1. The van der Waals surface area contributed by atoms with Crippen molar-refractivity contribution in [2.45, 2.75) is 33.1 Å². The first kappa shape index (κ1) is 16.7. The molecule has 1 aromatic heterocycles. The van der Waals surface area contributed by atoms with Crippen LogP contribution in [0.1, 0.15) is 41.0 Å². The number of hydrogen-bond donors (Lipinski definition) is 1. The predicted octanol–water partition coefficient (Wildman–Crippen LogP) is 4.12. The van der Waals surface area contributed by atoms with E-state index in [1.807, 2.05) is 36.9 Å². The summed E-state index contributed by atoms with van der Waals surface area (Å²) in [7, 11) is 0. The molecule has 0 aliphatic carbocycles. The van der Waals surface area contributed by atoms with E-state index in [4.69, 9.17) is 11.6 Å². The van der Waals surface area contributed by atoms with Gasteiger partial charge in [0, 0.05) is 29.5 Å². The van der Waals surface area contributed by atoms with Crippen LogP contribution in [0.5, 0.6) is 0 Å². The average Bonchev–Trinajstić information content (AvgIpc) is 2.58. The molecule has 1 aliphatic rings. The molecule has 0 unspecified atom stereocenters. The van der Waals surface area contributed by atoms with E-state index in [1.54, 1.807) is 6.07 Å². The topological polar surface area (TPSA) is 58.1 Å². The van der Waals surface area contributed by atoms with Crippen molar-refractivity contribution in [2.75, 3.05) is 18.4 Å². The van der Waals surface area contributed by atoms with E-state index in [1.165, 1.54) is 6.42 Å². The molecule has 2 heterocycles. The van der Waals surface area contributed by atoms with Crippen LogP contribution in [-0.4, -0.2) is 33.9 Å². The fourth-order valence-electron chi connectivity index (χ4n) is 2.86. The van der Waals surface area contributed by atoms with Crippen molar-refractivity contribution >= 4 is 29.1 Å². The van der Waals surface area contributed by atoms with Crippen molar-refractivity contribution in [1.82, 2.24) is 14.9 Å². The Morgan fingerprint density at radius 2 is 1.92 bits per heavy atom. The lowest BCUT2D eigenvalue weighted by Crippen LogP contribution is -2.36. The van der Waals surface area contributed by atoms with Gasteiger partial charge >= 0.3 is 0 Å². The lowest BCUT2D eigenvalue weighted by Gasteiger charge is -2.26. The fraction of sp³-hybridized carbons (Fsp3) is 0.389. The van der Waals surface area contributed by atoms with Crippen molar-refractivity contribution in [3.05, 3.63) is 46.2 Å². The SMILES string of the molecule is Cc1cc(C(=O)N2CCCCC2)nc(Nc2cccc(Cl)c2C)n1. The number of hydrogen-bond acceptors (Lipinski definition) is 4. The summed E-state index contributed by atoms with van der Waals surface area (Å²) >= 11 is 6.15. The van der Waals surface area contributed by atoms with Gasteiger partial charge in [0.05, 0.1) is 0 Å². The van der Waals surface area contributed by atoms with Crippen LogP contribution in [0.25, 0.3) is 0 Å². The summed E-state index contributed by atoms with van der Waals surface area (Å²) in [6.45, 7) is 5.40. The van der Waals surface area contributed by atoms with E-state index < -0.39 is 0 Å². The zero-order chi connectivity index (χ0) is 17.1. The van der Waals surface area contributed by atoms with Crippen LogP contribution in [0.15, 0.2) is 24.3 Å². The van der Waals surface area contributed by atoms with Gasteiger partial charge in [0.15, 0.2) is 0 Å². The minimum absolute atomic E-state index is 0.0222. The van der Waals surface area contributed by atoms with Gasteiger partial charge in [0.25, 0.3) is 5.91 Å². The van der Waals surface area contributed by atoms with Crippen LogP contribution in [0.3, 0.4) is 0 Å². The number of likely N-dealkylation sites (tertiary alicyclic amines) is 1. The fourth-order valence-corrected chi connectivity index (χ4v) is 3.03. The van der Waals surface area contributed by atoms with E-state index in [0.29, 0.717) is 16.7 Å². The molecule has 5 nitrogen and oxygen atoms in total. The molecule has 0 atom stereocenters. The number of nitrogens with zero attached hydrogens (tertiary/aromatic N) is 3. The molecule has 0 saturated carbocycles. The van der Waals surface area contributed by atoms with Crippen LogP contribution in [0, 0.1) is 13.8 Å². The zero-order valence-electron chi connectivity index (χ0n) is 14.0. The van der Waals surface area contributed by atoms with E-state index in [2.05, 4.69) is 15.3 Å². The molecule has 3 rings (SSSR count). The molecule has 1 amide bonds. The second-order valence-electron chi connectivity index (χ2n) is 6.11. The molecule has 126 valence electrons. The highest BCUT2D eigenvalue weighted by atomic mass is 35.5. The third-order valence-electron chi connectivity index (χ3n) is 4.23. The third-order valence-corrected chi connectivity index (χ3v) is 4.64. The van der Waals surface area contributed by atoms with Crippen molar-refractivity contribution in [1.29, 1.82) is 0 Å². The van der Waals surface area contributed by atoms with Gasteiger partial charge in [-0.05, 0) is 56.9 Å². The standard InChI is InChI=1S/C18H21ClN4O/c1-12-11-16(17(24)23-9-4-3-5-10-23)22-18(20-12)21-15-8-6-7-14(19)13(15)2/h6-8,11H,3-5,9-10H2,1-2H3,(H,20,21,22). The minimum Gasteiger partial charge on any atom is -0.337 e. The Balaban J connectivity index is 1.86. The van der Waals surface area contributed by atoms with Gasteiger partial charge in [-0.15, -0.1) is 0 Å². The molecule has 1 aliphatic heterocycles. The Kier molecular flexibility index (Phi) is 5.00. The number of carbonyl (C=O) groups is 1. The van der Waals surface area contributed by atoms with Crippen molar-refractivity contribution in [2.24, 2.45) is 0 Å². The number of rotatable bonds is 3. The van der Waals surface area contributed by atoms with E-state index >= 15 is 0 Å². The first-order valence-corrected chi connectivity index (χ1v) is 8.59. The Labute approximate surface area is 147 Å². The van der Waals surface area contributed by atoms with Gasteiger partial charge in [-0.3, -0.25) is 4.79 Å². The summed E-state index contributed by atoms with van der Waals surface area (Å²) in [5, 5.41) is 3.85. The number of amides is 1. The molecule has 2 aromatic rings. The molecule has 0 spiro atoms. The first-order valence-electron chi connectivity index (χ1n) is 8.21. The van der Waals surface area contributed by atoms with Gasteiger partial charge in [0.2, 0.25) is 5.95 Å². The Bertz CT molecular complexity index is 757. The number of anilines is 2. The largest absolute Gasteiger partial charge is 0.337 e. The maximum atomic E-state index is 12.7. The van der Waals surface area contributed by atoms with Gasteiger partial charge in [-0.1, -0.05) is 17.7 Å². The van der Waals surface area contributed by atoms with Crippen molar-refractivity contribution in [3.63, 3.8) is 0 Å². The number of carbonyl (C=O) groups excluding carboxylic acids is 1. The molecule has 1 N–H and O–H groups in total. The van der Waals surface area contributed by atoms with Crippen LogP contribution in [0.4, 0.5) is 11.6 Å². The molecule has 1 fully saturated rings. The molecular weight excluding hydrogens is 324 g/mol. The van der Waals surface area contributed by atoms with Crippen molar-refractivity contribution in [3.8, 4) is 0 Å². The number of nitrogens with one attached hydrogen (secondary N) is 1. The second-order valence-corrected chi connectivity index (χ2v) is 6.52. The predicted molar refractivity (Wildman–Crippen MR) is 96.0 cm³/mol. The van der Waals surface area contributed by atoms with Crippen LogP contribution < -0.4 is 5.32 Å². The van der Waals surface area contributed by atoms with Crippen molar-refractivity contribution < 1.29 is 4.79 Å². The second kappa shape index (κ2) is 7.18. The third kappa shape index (κ3) is 3.67. The molecule has 0 radical (unpaired) electrons. The number of piperidine rings is 1. The monoisotopic (exact) mass is 344 g/mol. The number of benzene rings is 1. The van der Waals surface area contributed by atoms with E-state index in [-0.39, 0.29) is 5.91 Å². The average molecular weight is 345 g/mol. The van der Waals surface area contributed by atoms with Gasteiger partial charge in [-0.25, -0.2) is 9.97 Å². The summed E-state index contributed by atoms with van der Waals surface area (Å²) in [4.78, 5) is 23.3. The summed E-state index contributed by atoms with van der Waals surface area (Å²) in [6.07, 6.45) is 3.30. The smallest absolute Gasteiger partial charge is 0.272 e. The molecule has 1 aromatic carbocycles. The van der Waals surface area contributed by atoms with E-state index in [0.717, 1.165) is 42.9 Å². The van der Waals surface area contributed by atoms with Crippen LogP contribution in [-0.2, 0) is 0 Å². The van der Waals surface area contributed by atoms with Gasteiger partial charge in [-0.2, -0.15) is 0 Å². The Hall–Kier alpha value is -2.14.